The number of thiocarbonyl (C=S) groups is 1. The van der Waals surface area contributed by atoms with E-state index in [1.165, 1.54) is 0 Å². The van der Waals surface area contributed by atoms with Gasteiger partial charge in [-0.15, -0.1) is 0 Å². The number of benzene rings is 2. The second-order valence-electron chi connectivity index (χ2n) is 6.91. The van der Waals surface area contributed by atoms with Crippen LogP contribution in [-0.4, -0.2) is 54.2 Å². The Morgan fingerprint density at radius 3 is 2.63 bits per heavy atom. The van der Waals surface area contributed by atoms with Crippen LogP contribution in [0.3, 0.4) is 0 Å². The zero-order valence-corrected chi connectivity index (χ0v) is 17.0. The maximum atomic E-state index is 12.7. The van der Waals surface area contributed by atoms with E-state index in [2.05, 4.69) is 16.0 Å². The summed E-state index contributed by atoms with van der Waals surface area (Å²) in [6.07, 6.45) is -0.0309. The summed E-state index contributed by atoms with van der Waals surface area (Å²) in [7, 11) is 0. The Morgan fingerprint density at radius 1 is 1.07 bits per heavy atom. The van der Waals surface area contributed by atoms with E-state index >= 15 is 0 Å². The molecule has 0 unspecified atom stereocenters. The lowest BCUT2D eigenvalue weighted by Crippen LogP contribution is -2.58. The van der Waals surface area contributed by atoms with Crippen LogP contribution in [0.25, 0.3) is 0 Å². The standard InChI is InChI=1S/C21H22N4O4S/c26-19(23-15-6-7-17-18(12-15)29-11-10-28-17)13-16-20(27)22-8-9-25(16)21(30)24-14-4-2-1-3-5-14/h1-7,12,16H,8-11,13H2,(H,22,27)(H,23,26)(H,24,30)/t16-/m0/s1. The van der Waals surface area contributed by atoms with E-state index in [0.29, 0.717) is 48.6 Å². The summed E-state index contributed by atoms with van der Waals surface area (Å²) in [6, 6.07) is 14.0. The molecule has 0 saturated carbocycles. The number of rotatable bonds is 4. The van der Waals surface area contributed by atoms with Gasteiger partial charge in [-0.1, -0.05) is 18.2 Å². The number of hydrogen-bond donors (Lipinski definition) is 3. The molecule has 2 amide bonds. The molecule has 3 N–H and O–H groups in total. The summed E-state index contributed by atoms with van der Waals surface area (Å²) in [5.41, 5.74) is 1.41. The van der Waals surface area contributed by atoms with Crippen molar-refractivity contribution in [2.24, 2.45) is 0 Å². The summed E-state index contributed by atoms with van der Waals surface area (Å²) < 4.78 is 11.0. The number of carbonyl (C=O) groups is 2. The van der Waals surface area contributed by atoms with E-state index in [0.717, 1.165) is 5.69 Å². The topological polar surface area (TPSA) is 91.9 Å². The molecule has 4 rings (SSSR count). The van der Waals surface area contributed by atoms with Gasteiger partial charge in [0, 0.05) is 30.5 Å². The Morgan fingerprint density at radius 2 is 1.83 bits per heavy atom. The van der Waals surface area contributed by atoms with Crippen LogP contribution < -0.4 is 25.4 Å². The average Bonchev–Trinajstić information content (AvgIpc) is 2.75. The first-order valence-electron chi connectivity index (χ1n) is 9.70. The molecule has 2 aliphatic rings. The summed E-state index contributed by atoms with van der Waals surface area (Å²) in [4.78, 5) is 26.9. The van der Waals surface area contributed by atoms with Gasteiger partial charge in [-0.3, -0.25) is 9.59 Å². The molecule has 8 nitrogen and oxygen atoms in total. The number of fused-ring (bicyclic) bond motifs is 1. The Hall–Kier alpha value is -3.33. The normalized spacial score (nSPS) is 17.7. The highest BCUT2D eigenvalue weighted by Crippen LogP contribution is 2.32. The van der Waals surface area contributed by atoms with Crippen molar-refractivity contribution >= 4 is 40.5 Å². The Labute approximate surface area is 179 Å². The average molecular weight is 426 g/mol. The van der Waals surface area contributed by atoms with Crippen molar-refractivity contribution in [1.29, 1.82) is 0 Å². The molecule has 156 valence electrons. The van der Waals surface area contributed by atoms with Crippen LogP contribution in [0.2, 0.25) is 0 Å². The molecule has 0 aromatic heterocycles. The van der Waals surface area contributed by atoms with Gasteiger partial charge in [0.1, 0.15) is 19.3 Å². The van der Waals surface area contributed by atoms with Crippen molar-refractivity contribution in [1.82, 2.24) is 10.2 Å². The SMILES string of the molecule is O=C(C[C@H]1C(=O)NCCN1C(=S)Nc1ccccc1)Nc1ccc2c(c1)OCCO2. The van der Waals surface area contributed by atoms with E-state index in [9.17, 15) is 9.59 Å². The molecule has 2 aromatic rings. The number of anilines is 2. The smallest absolute Gasteiger partial charge is 0.243 e. The van der Waals surface area contributed by atoms with Gasteiger partial charge >= 0.3 is 0 Å². The van der Waals surface area contributed by atoms with Gasteiger partial charge in [-0.05, 0) is 36.5 Å². The van der Waals surface area contributed by atoms with Gasteiger partial charge in [0.05, 0.1) is 6.42 Å². The van der Waals surface area contributed by atoms with Crippen LogP contribution in [0, 0.1) is 0 Å². The highest BCUT2D eigenvalue weighted by molar-refractivity contribution is 7.80. The predicted octanol–water partition coefficient (Wildman–Crippen LogP) is 1.98. The van der Waals surface area contributed by atoms with E-state index in [4.69, 9.17) is 21.7 Å². The Bertz CT molecular complexity index is 953. The van der Waals surface area contributed by atoms with E-state index in [1.54, 1.807) is 23.1 Å². The molecule has 2 aromatic carbocycles. The maximum Gasteiger partial charge on any atom is 0.243 e. The van der Waals surface area contributed by atoms with Crippen molar-refractivity contribution in [3.05, 3.63) is 48.5 Å². The summed E-state index contributed by atoms with van der Waals surface area (Å²) in [5, 5.41) is 9.18. The van der Waals surface area contributed by atoms with Crippen LogP contribution >= 0.6 is 12.2 Å². The lowest BCUT2D eigenvalue weighted by atomic mass is 10.1. The second kappa shape index (κ2) is 9.00. The molecule has 1 atom stereocenters. The monoisotopic (exact) mass is 426 g/mol. The first-order chi connectivity index (χ1) is 14.6. The first kappa shape index (κ1) is 20.0. The number of carbonyl (C=O) groups excluding carboxylic acids is 2. The highest BCUT2D eigenvalue weighted by atomic mass is 32.1. The molecule has 2 aliphatic heterocycles. The Balaban J connectivity index is 1.42. The number of piperazine rings is 1. The molecule has 1 fully saturated rings. The fourth-order valence-electron chi connectivity index (χ4n) is 3.39. The minimum Gasteiger partial charge on any atom is -0.486 e. The lowest BCUT2D eigenvalue weighted by molar-refractivity contribution is -0.130. The van der Waals surface area contributed by atoms with Crippen molar-refractivity contribution in [2.75, 3.05) is 36.9 Å². The summed E-state index contributed by atoms with van der Waals surface area (Å²) in [5.74, 6) is 0.718. The van der Waals surface area contributed by atoms with Crippen LogP contribution in [0.15, 0.2) is 48.5 Å². The number of nitrogens with zero attached hydrogens (tertiary/aromatic N) is 1. The lowest BCUT2D eigenvalue weighted by Gasteiger charge is -2.36. The van der Waals surface area contributed by atoms with Gasteiger partial charge in [0.2, 0.25) is 11.8 Å². The van der Waals surface area contributed by atoms with Gasteiger partial charge in [-0.25, -0.2) is 0 Å². The molecule has 0 aliphatic carbocycles. The number of para-hydroxylation sites is 1. The quantitative estimate of drug-likeness (QED) is 0.644. The van der Waals surface area contributed by atoms with E-state index in [1.807, 2.05) is 30.3 Å². The third-order valence-corrected chi connectivity index (χ3v) is 5.16. The van der Waals surface area contributed by atoms with Crippen molar-refractivity contribution in [3.8, 4) is 11.5 Å². The second-order valence-corrected chi connectivity index (χ2v) is 7.29. The fraction of sp³-hybridized carbons (Fsp3) is 0.286. The molecule has 0 radical (unpaired) electrons. The van der Waals surface area contributed by atoms with Crippen LogP contribution in [0.1, 0.15) is 6.42 Å². The van der Waals surface area contributed by atoms with Gasteiger partial charge in [0.15, 0.2) is 16.6 Å². The molecule has 0 spiro atoms. The molecular formula is C21H22N4O4S. The zero-order valence-electron chi connectivity index (χ0n) is 16.2. The van der Waals surface area contributed by atoms with Crippen molar-refractivity contribution in [3.63, 3.8) is 0 Å². The van der Waals surface area contributed by atoms with Gasteiger partial charge in [0.25, 0.3) is 0 Å². The fourth-order valence-corrected chi connectivity index (χ4v) is 3.72. The van der Waals surface area contributed by atoms with Crippen LogP contribution in [-0.2, 0) is 9.59 Å². The maximum absolute atomic E-state index is 12.7. The molecular weight excluding hydrogens is 404 g/mol. The largest absolute Gasteiger partial charge is 0.486 e. The zero-order chi connectivity index (χ0) is 20.9. The molecule has 30 heavy (non-hydrogen) atoms. The number of hydrogen-bond acceptors (Lipinski definition) is 5. The van der Waals surface area contributed by atoms with E-state index < -0.39 is 6.04 Å². The Kier molecular flexibility index (Phi) is 5.99. The summed E-state index contributed by atoms with van der Waals surface area (Å²) in [6.45, 7) is 1.96. The van der Waals surface area contributed by atoms with E-state index in [-0.39, 0.29) is 18.2 Å². The van der Waals surface area contributed by atoms with Gasteiger partial charge in [-0.2, -0.15) is 0 Å². The third kappa shape index (κ3) is 4.62. The van der Waals surface area contributed by atoms with Gasteiger partial charge < -0.3 is 30.3 Å². The highest BCUT2D eigenvalue weighted by Gasteiger charge is 2.33. The van der Waals surface area contributed by atoms with Crippen LogP contribution in [0.5, 0.6) is 11.5 Å². The third-order valence-electron chi connectivity index (χ3n) is 4.82. The van der Waals surface area contributed by atoms with Crippen molar-refractivity contribution < 1.29 is 19.1 Å². The molecule has 9 heteroatoms. The molecule has 2 heterocycles. The molecule has 1 saturated heterocycles. The summed E-state index contributed by atoms with van der Waals surface area (Å²) >= 11 is 5.51. The number of nitrogens with one attached hydrogen (secondary N) is 3. The first-order valence-corrected chi connectivity index (χ1v) is 10.1. The number of amides is 2. The molecule has 0 bridgehead atoms. The van der Waals surface area contributed by atoms with Crippen molar-refractivity contribution in [2.45, 2.75) is 12.5 Å². The van der Waals surface area contributed by atoms with Crippen LogP contribution in [0.4, 0.5) is 11.4 Å². The minimum absolute atomic E-state index is 0.0309. The predicted molar refractivity (Wildman–Crippen MR) is 117 cm³/mol. The number of ether oxygens (including phenoxy) is 2. The minimum atomic E-state index is -0.695.